The summed E-state index contributed by atoms with van der Waals surface area (Å²) in [6.07, 6.45) is 0. The number of rotatable bonds is 3. The van der Waals surface area contributed by atoms with Crippen molar-refractivity contribution in [2.75, 3.05) is 5.43 Å². The van der Waals surface area contributed by atoms with E-state index < -0.39 is 0 Å². The first kappa shape index (κ1) is 13.2. The van der Waals surface area contributed by atoms with Crippen molar-refractivity contribution in [3.8, 4) is 0 Å². The van der Waals surface area contributed by atoms with E-state index in [2.05, 4.69) is 41.6 Å². The highest BCUT2D eigenvalue weighted by molar-refractivity contribution is 8.02. The summed E-state index contributed by atoms with van der Waals surface area (Å²) in [4.78, 5) is 0. The second-order valence-electron chi connectivity index (χ2n) is 5.07. The maximum atomic E-state index is 6.20. The number of hydrogen-bond acceptors (Lipinski definition) is 5. The summed E-state index contributed by atoms with van der Waals surface area (Å²) in [7, 11) is 0. The molecule has 3 rings (SSSR count). The first-order valence-electron chi connectivity index (χ1n) is 6.57. The third kappa shape index (κ3) is 2.32. The average molecular weight is 287 g/mol. The van der Waals surface area contributed by atoms with E-state index in [0.29, 0.717) is 5.92 Å². The Morgan fingerprint density at radius 1 is 1.20 bits per heavy atom. The standard InChI is InChI=1S/C14H17N5S/c1-9(2)12(15)13-16-17-14-19(13)18-11(8-20-14)10-6-4-3-5-7-10/h3-9,12,18H,15H2,1-2H3/t12-/m0/s1. The lowest BCUT2D eigenvalue weighted by Gasteiger charge is -2.22. The van der Waals surface area contributed by atoms with Gasteiger partial charge in [0.1, 0.15) is 0 Å². The lowest BCUT2D eigenvalue weighted by molar-refractivity contribution is 0.476. The van der Waals surface area contributed by atoms with Crippen LogP contribution in [0.3, 0.4) is 0 Å². The van der Waals surface area contributed by atoms with Crippen LogP contribution < -0.4 is 11.2 Å². The Labute approximate surface area is 122 Å². The van der Waals surface area contributed by atoms with Gasteiger partial charge in [-0.15, -0.1) is 10.2 Å². The molecule has 3 N–H and O–H groups in total. The number of hydrogen-bond donors (Lipinski definition) is 2. The number of nitrogens with zero attached hydrogens (tertiary/aromatic N) is 3. The topological polar surface area (TPSA) is 68.8 Å². The van der Waals surface area contributed by atoms with Crippen molar-refractivity contribution in [1.29, 1.82) is 0 Å². The van der Waals surface area contributed by atoms with Crippen molar-refractivity contribution in [3.05, 3.63) is 47.1 Å². The van der Waals surface area contributed by atoms with Gasteiger partial charge in [-0.3, -0.25) is 5.43 Å². The maximum absolute atomic E-state index is 6.20. The Balaban J connectivity index is 1.92. The molecule has 1 aliphatic rings. The third-order valence-corrected chi connectivity index (χ3v) is 4.10. The highest BCUT2D eigenvalue weighted by Gasteiger charge is 2.23. The Bertz CT molecular complexity index is 632. The molecule has 0 amide bonds. The van der Waals surface area contributed by atoms with Gasteiger partial charge in [-0.05, 0) is 11.5 Å². The van der Waals surface area contributed by atoms with E-state index in [9.17, 15) is 0 Å². The third-order valence-electron chi connectivity index (χ3n) is 3.27. The summed E-state index contributed by atoms with van der Waals surface area (Å²) in [6, 6.07) is 10.0. The molecule has 104 valence electrons. The van der Waals surface area contributed by atoms with Crippen LogP contribution in [0.2, 0.25) is 0 Å². The molecule has 2 heterocycles. The zero-order valence-corrected chi connectivity index (χ0v) is 12.3. The zero-order chi connectivity index (χ0) is 14.1. The van der Waals surface area contributed by atoms with Crippen molar-refractivity contribution in [2.45, 2.75) is 25.0 Å². The fourth-order valence-corrected chi connectivity index (χ4v) is 2.73. The summed E-state index contributed by atoms with van der Waals surface area (Å²) < 4.78 is 1.89. The first-order valence-corrected chi connectivity index (χ1v) is 7.45. The Morgan fingerprint density at radius 3 is 2.65 bits per heavy atom. The van der Waals surface area contributed by atoms with Gasteiger partial charge in [0.25, 0.3) is 0 Å². The van der Waals surface area contributed by atoms with E-state index >= 15 is 0 Å². The second-order valence-corrected chi connectivity index (χ2v) is 5.91. The fourth-order valence-electron chi connectivity index (χ4n) is 1.99. The minimum absolute atomic E-state index is 0.139. The minimum atomic E-state index is -0.139. The van der Waals surface area contributed by atoms with Gasteiger partial charge in [0.05, 0.1) is 11.7 Å². The van der Waals surface area contributed by atoms with E-state index in [-0.39, 0.29) is 6.04 Å². The molecule has 0 unspecified atom stereocenters. The van der Waals surface area contributed by atoms with Gasteiger partial charge in [0.15, 0.2) is 5.82 Å². The molecule has 20 heavy (non-hydrogen) atoms. The SMILES string of the molecule is CC(C)[C@H](N)c1nnc2n1NC(c1ccccc1)=CS2. The van der Waals surface area contributed by atoms with Gasteiger partial charge < -0.3 is 5.73 Å². The van der Waals surface area contributed by atoms with E-state index in [1.165, 1.54) is 0 Å². The van der Waals surface area contributed by atoms with Gasteiger partial charge in [-0.1, -0.05) is 55.9 Å². The molecular weight excluding hydrogens is 270 g/mol. The van der Waals surface area contributed by atoms with Gasteiger partial charge in [-0.2, -0.15) is 0 Å². The molecule has 0 radical (unpaired) electrons. The van der Waals surface area contributed by atoms with E-state index in [4.69, 9.17) is 5.73 Å². The van der Waals surface area contributed by atoms with Gasteiger partial charge in [-0.25, -0.2) is 4.68 Å². The molecule has 5 nitrogen and oxygen atoms in total. The lowest BCUT2D eigenvalue weighted by Crippen LogP contribution is -2.27. The largest absolute Gasteiger partial charge is 0.321 e. The Hall–Kier alpha value is -1.79. The fraction of sp³-hybridized carbons (Fsp3) is 0.286. The molecule has 0 saturated heterocycles. The first-order chi connectivity index (χ1) is 9.66. The van der Waals surface area contributed by atoms with Crippen molar-refractivity contribution >= 4 is 17.5 Å². The van der Waals surface area contributed by atoms with Crippen molar-refractivity contribution in [3.63, 3.8) is 0 Å². The molecule has 0 saturated carbocycles. The van der Waals surface area contributed by atoms with E-state index in [1.54, 1.807) is 11.8 Å². The highest BCUT2D eigenvalue weighted by Crippen LogP contribution is 2.30. The molecule has 0 fully saturated rings. The van der Waals surface area contributed by atoms with Crippen LogP contribution in [0.15, 0.2) is 40.9 Å². The molecule has 1 aromatic heterocycles. The highest BCUT2D eigenvalue weighted by atomic mass is 32.2. The quantitative estimate of drug-likeness (QED) is 0.908. The molecule has 6 heteroatoms. The Kier molecular flexibility index (Phi) is 3.50. The monoisotopic (exact) mass is 287 g/mol. The number of nitrogens with two attached hydrogens (primary N) is 1. The van der Waals surface area contributed by atoms with Gasteiger partial charge >= 0.3 is 0 Å². The molecule has 2 aromatic rings. The number of nitrogens with one attached hydrogen (secondary N) is 1. The average Bonchev–Trinajstić information content (AvgIpc) is 2.90. The van der Waals surface area contributed by atoms with Crippen LogP contribution in [0.1, 0.15) is 31.3 Å². The lowest BCUT2D eigenvalue weighted by atomic mass is 10.1. The predicted octanol–water partition coefficient (Wildman–Crippen LogP) is 2.58. The normalized spacial score (nSPS) is 15.5. The molecular formula is C14H17N5S. The summed E-state index contributed by atoms with van der Waals surface area (Å²) in [6.45, 7) is 4.16. The van der Waals surface area contributed by atoms with Crippen LogP contribution in [0.25, 0.3) is 5.70 Å². The van der Waals surface area contributed by atoms with Crippen LogP contribution in [-0.2, 0) is 0 Å². The van der Waals surface area contributed by atoms with Crippen LogP contribution in [-0.4, -0.2) is 14.9 Å². The minimum Gasteiger partial charge on any atom is -0.321 e. The molecule has 1 aliphatic heterocycles. The van der Waals surface area contributed by atoms with Crippen LogP contribution in [0, 0.1) is 5.92 Å². The number of thioether (sulfide) groups is 1. The zero-order valence-electron chi connectivity index (χ0n) is 11.4. The summed E-state index contributed by atoms with van der Waals surface area (Å²) >= 11 is 1.55. The summed E-state index contributed by atoms with van der Waals surface area (Å²) in [5.41, 5.74) is 11.7. The van der Waals surface area contributed by atoms with Crippen LogP contribution >= 0.6 is 11.8 Å². The van der Waals surface area contributed by atoms with Crippen molar-refractivity contribution in [2.24, 2.45) is 11.7 Å². The number of benzene rings is 1. The summed E-state index contributed by atoms with van der Waals surface area (Å²) in [5, 5.41) is 11.3. The molecule has 0 bridgehead atoms. The molecule has 1 atom stereocenters. The summed E-state index contributed by atoms with van der Waals surface area (Å²) in [5.74, 6) is 1.07. The van der Waals surface area contributed by atoms with Gasteiger partial charge in [0, 0.05) is 5.41 Å². The predicted molar refractivity (Wildman–Crippen MR) is 81.4 cm³/mol. The second kappa shape index (κ2) is 5.30. The van der Waals surface area contributed by atoms with Crippen molar-refractivity contribution in [1.82, 2.24) is 14.9 Å². The molecule has 1 aromatic carbocycles. The Morgan fingerprint density at radius 2 is 1.95 bits per heavy atom. The maximum Gasteiger partial charge on any atom is 0.214 e. The van der Waals surface area contributed by atoms with Crippen LogP contribution in [0.5, 0.6) is 0 Å². The smallest absolute Gasteiger partial charge is 0.214 e. The van der Waals surface area contributed by atoms with Crippen molar-refractivity contribution < 1.29 is 0 Å². The molecule has 0 spiro atoms. The number of aromatic nitrogens is 3. The van der Waals surface area contributed by atoms with E-state index in [1.807, 2.05) is 28.3 Å². The molecule has 0 aliphatic carbocycles. The number of fused-ring (bicyclic) bond motifs is 1. The van der Waals surface area contributed by atoms with Crippen LogP contribution in [0.4, 0.5) is 0 Å². The van der Waals surface area contributed by atoms with E-state index in [0.717, 1.165) is 22.2 Å². The van der Waals surface area contributed by atoms with Gasteiger partial charge in [0.2, 0.25) is 5.16 Å².